The highest BCUT2D eigenvalue weighted by Crippen LogP contribution is 2.44. The summed E-state index contributed by atoms with van der Waals surface area (Å²) >= 11 is 6.63. The Morgan fingerprint density at radius 1 is 0.968 bits per heavy atom. The van der Waals surface area contributed by atoms with Gasteiger partial charge in [-0.2, -0.15) is 0 Å². The van der Waals surface area contributed by atoms with E-state index in [4.69, 9.17) is 17.3 Å². The second-order valence-corrected chi connectivity index (χ2v) is 9.41. The summed E-state index contributed by atoms with van der Waals surface area (Å²) < 4.78 is 0.456. The van der Waals surface area contributed by atoms with Gasteiger partial charge in [0.25, 0.3) is 11.8 Å². The first-order valence-corrected chi connectivity index (χ1v) is 12.1. The number of carbonyl (C=O) groups is 3. The number of rotatable bonds is 11. The molecule has 0 saturated carbocycles. The number of nitrogens with zero attached hydrogens (tertiary/aromatic N) is 2. The van der Waals surface area contributed by atoms with Crippen LogP contribution in [0.1, 0.15) is 63.9 Å². The lowest BCUT2D eigenvalue weighted by atomic mass is 10.1. The molecule has 6 nitrogen and oxygen atoms in total. The standard InChI is InChI=1S/C23H28N2O4S2/c1-2-3-4-9-14-24-17-12-8-7-11-16(17)19(21(24)28)20-22(29)25(23(30)31-20)15-10-5-6-13-18(26)27/h7-8,11-12H,2-6,9-10,13-15H2,1H3,(H,26,27)/b20-19-. The third-order valence-corrected chi connectivity index (χ3v) is 6.96. The van der Waals surface area contributed by atoms with Crippen LogP contribution in [0.15, 0.2) is 29.2 Å². The summed E-state index contributed by atoms with van der Waals surface area (Å²) in [6, 6.07) is 7.63. The van der Waals surface area contributed by atoms with Crippen LogP contribution in [0.25, 0.3) is 5.57 Å². The number of carboxylic acid groups (broad SMARTS) is 1. The molecule has 0 unspecified atom stereocenters. The van der Waals surface area contributed by atoms with Crippen molar-refractivity contribution in [3.05, 3.63) is 34.7 Å². The minimum Gasteiger partial charge on any atom is -0.481 e. The van der Waals surface area contributed by atoms with Gasteiger partial charge in [0.05, 0.1) is 16.2 Å². The van der Waals surface area contributed by atoms with E-state index >= 15 is 0 Å². The molecule has 2 aliphatic rings. The molecule has 0 bridgehead atoms. The van der Waals surface area contributed by atoms with Crippen molar-refractivity contribution in [3.63, 3.8) is 0 Å². The number of thiocarbonyl (C=S) groups is 1. The molecule has 0 radical (unpaired) electrons. The van der Waals surface area contributed by atoms with Crippen LogP contribution in [0, 0.1) is 0 Å². The van der Waals surface area contributed by atoms with E-state index in [1.54, 1.807) is 9.80 Å². The van der Waals surface area contributed by atoms with Crippen molar-refractivity contribution >= 4 is 57.3 Å². The van der Waals surface area contributed by atoms with Crippen molar-refractivity contribution in [2.75, 3.05) is 18.0 Å². The Morgan fingerprint density at radius 3 is 2.35 bits per heavy atom. The van der Waals surface area contributed by atoms with Gasteiger partial charge in [-0.15, -0.1) is 0 Å². The molecule has 1 N–H and O–H groups in total. The van der Waals surface area contributed by atoms with Gasteiger partial charge in [-0.3, -0.25) is 19.3 Å². The van der Waals surface area contributed by atoms with Crippen molar-refractivity contribution < 1.29 is 19.5 Å². The normalized spacial score (nSPS) is 18.3. The summed E-state index contributed by atoms with van der Waals surface area (Å²) in [7, 11) is 0. The van der Waals surface area contributed by atoms with Gasteiger partial charge in [0.15, 0.2) is 0 Å². The van der Waals surface area contributed by atoms with Gasteiger partial charge in [0.1, 0.15) is 4.32 Å². The number of aliphatic carboxylic acids is 1. The van der Waals surface area contributed by atoms with E-state index < -0.39 is 5.97 Å². The topological polar surface area (TPSA) is 77.9 Å². The van der Waals surface area contributed by atoms with Crippen molar-refractivity contribution in [3.8, 4) is 0 Å². The van der Waals surface area contributed by atoms with E-state index in [1.807, 2.05) is 24.3 Å². The predicted octanol–water partition coefficient (Wildman–Crippen LogP) is 4.83. The number of thioether (sulfide) groups is 1. The number of hydrogen-bond donors (Lipinski definition) is 1. The van der Waals surface area contributed by atoms with Crippen molar-refractivity contribution in [2.45, 2.75) is 58.3 Å². The van der Waals surface area contributed by atoms with E-state index in [1.165, 1.54) is 11.8 Å². The zero-order chi connectivity index (χ0) is 22.4. The van der Waals surface area contributed by atoms with Crippen LogP contribution >= 0.6 is 24.0 Å². The molecule has 1 saturated heterocycles. The minimum atomic E-state index is -0.812. The Kier molecular flexibility index (Phi) is 8.26. The number of carboxylic acids is 1. The van der Waals surface area contributed by atoms with Gasteiger partial charge in [0.2, 0.25) is 0 Å². The molecular formula is C23H28N2O4S2. The number of benzene rings is 1. The van der Waals surface area contributed by atoms with Gasteiger partial charge in [-0.05, 0) is 25.3 Å². The van der Waals surface area contributed by atoms with Crippen molar-refractivity contribution in [1.29, 1.82) is 0 Å². The maximum atomic E-state index is 13.3. The number of fused-ring (bicyclic) bond motifs is 1. The van der Waals surface area contributed by atoms with Crippen LogP contribution in [-0.2, 0) is 14.4 Å². The molecule has 8 heteroatoms. The number of para-hydroxylation sites is 1. The van der Waals surface area contributed by atoms with Gasteiger partial charge >= 0.3 is 5.97 Å². The molecule has 1 fully saturated rings. The van der Waals surface area contributed by atoms with Gasteiger partial charge in [-0.1, -0.05) is 74.8 Å². The second-order valence-electron chi connectivity index (χ2n) is 7.77. The number of anilines is 1. The van der Waals surface area contributed by atoms with Gasteiger partial charge in [-0.25, -0.2) is 0 Å². The maximum Gasteiger partial charge on any atom is 0.303 e. The number of hydrogen-bond acceptors (Lipinski definition) is 5. The smallest absolute Gasteiger partial charge is 0.303 e. The third-order valence-electron chi connectivity index (χ3n) is 5.51. The first-order valence-electron chi connectivity index (χ1n) is 10.9. The lowest BCUT2D eigenvalue weighted by Gasteiger charge is -2.17. The summed E-state index contributed by atoms with van der Waals surface area (Å²) in [5.41, 5.74) is 2.11. The number of amides is 2. The highest BCUT2D eigenvalue weighted by atomic mass is 32.2. The van der Waals surface area contributed by atoms with E-state index in [0.717, 1.165) is 36.9 Å². The summed E-state index contributed by atoms with van der Waals surface area (Å²) in [5.74, 6) is -1.16. The fourth-order valence-electron chi connectivity index (χ4n) is 3.88. The van der Waals surface area contributed by atoms with Crippen LogP contribution in [0.2, 0.25) is 0 Å². The van der Waals surface area contributed by atoms with Gasteiger partial charge in [0, 0.05) is 25.1 Å². The second kappa shape index (κ2) is 10.9. The Labute approximate surface area is 192 Å². The lowest BCUT2D eigenvalue weighted by molar-refractivity contribution is -0.137. The Hall–Kier alpha value is -2.19. The van der Waals surface area contributed by atoms with E-state index in [-0.39, 0.29) is 18.2 Å². The molecule has 0 atom stereocenters. The minimum absolute atomic E-state index is 0.125. The fraction of sp³-hybridized carbons (Fsp3) is 0.478. The molecule has 3 rings (SSSR count). The first kappa shape index (κ1) is 23.5. The van der Waals surface area contributed by atoms with E-state index in [9.17, 15) is 14.4 Å². The summed E-state index contributed by atoms with van der Waals surface area (Å²) in [5, 5.41) is 8.74. The number of carbonyl (C=O) groups excluding carboxylic acids is 2. The highest BCUT2D eigenvalue weighted by molar-refractivity contribution is 8.26. The molecule has 1 aromatic rings. The Bertz CT molecular complexity index is 913. The zero-order valence-corrected chi connectivity index (χ0v) is 19.4. The zero-order valence-electron chi connectivity index (χ0n) is 17.8. The average Bonchev–Trinajstić information content (AvgIpc) is 3.17. The summed E-state index contributed by atoms with van der Waals surface area (Å²) in [4.78, 5) is 40.8. The molecule has 2 heterocycles. The molecule has 31 heavy (non-hydrogen) atoms. The van der Waals surface area contributed by atoms with Crippen LogP contribution < -0.4 is 4.90 Å². The van der Waals surface area contributed by atoms with E-state index in [0.29, 0.717) is 47.2 Å². The molecule has 0 aliphatic carbocycles. The number of unbranched alkanes of at least 4 members (excludes halogenated alkanes) is 5. The predicted molar refractivity (Wildman–Crippen MR) is 128 cm³/mol. The van der Waals surface area contributed by atoms with Gasteiger partial charge < -0.3 is 10.0 Å². The van der Waals surface area contributed by atoms with Crippen LogP contribution in [-0.4, -0.2) is 45.2 Å². The van der Waals surface area contributed by atoms with Crippen molar-refractivity contribution in [1.82, 2.24) is 4.90 Å². The summed E-state index contributed by atoms with van der Waals surface area (Å²) in [6.07, 6.45) is 6.36. The molecule has 0 aromatic heterocycles. The van der Waals surface area contributed by atoms with Crippen LogP contribution in [0.5, 0.6) is 0 Å². The SMILES string of the molecule is CCCCCCN1C(=O)/C(=C2\SC(=S)N(CCCCCC(=O)O)C2=O)c2ccccc21. The van der Waals surface area contributed by atoms with Crippen molar-refractivity contribution in [2.24, 2.45) is 0 Å². The third kappa shape index (κ3) is 5.36. The Balaban J connectivity index is 1.76. The molecule has 166 valence electrons. The lowest BCUT2D eigenvalue weighted by Crippen LogP contribution is -2.30. The molecular weight excluding hydrogens is 432 g/mol. The maximum absolute atomic E-state index is 13.3. The average molecular weight is 461 g/mol. The van der Waals surface area contributed by atoms with Crippen LogP contribution in [0.3, 0.4) is 0 Å². The van der Waals surface area contributed by atoms with Crippen LogP contribution in [0.4, 0.5) is 5.69 Å². The molecule has 2 amide bonds. The monoisotopic (exact) mass is 460 g/mol. The fourth-order valence-corrected chi connectivity index (χ4v) is 5.26. The van der Waals surface area contributed by atoms with E-state index in [2.05, 4.69) is 6.92 Å². The summed E-state index contributed by atoms with van der Waals surface area (Å²) in [6.45, 7) is 3.24. The molecule has 2 aliphatic heterocycles. The molecule has 0 spiro atoms. The quantitative estimate of drug-likeness (QED) is 0.290. The highest BCUT2D eigenvalue weighted by Gasteiger charge is 2.41. The molecule has 1 aromatic carbocycles. The Morgan fingerprint density at radius 2 is 1.65 bits per heavy atom. The first-order chi connectivity index (χ1) is 15.0. The largest absolute Gasteiger partial charge is 0.481 e.